The summed E-state index contributed by atoms with van der Waals surface area (Å²) in [4.78, 5) is 0.216. The largest absolute Gasteiger partial charge is 0.397 e. The van der Waals surface area contributed by atoms with Crippen molar-refractivity contribution in [3.63, 3.8) is 0 Å². The topological polar surface area (TPSA) is 90.7 Å². The first-order valence-electron chi connectivity index (χ1n) is 5.99. The van der Waals surface area contributed by atoms with Gasteiger partial charge in [-0.15, -0.1) is 0 Å². The molecule has 1 saturated heterocycles. The molecule has 0 bridgehead atoms. The minimum atomic E-state index is -3.23. The zero-order chi connectivity index (χ0) is 13.9. The van der Waals surface area contributed by atoms with Crippen LogP contribution in [-0.2, 0) is 19.3 Å². The number of nitrogen functional groups attached to an aromatic ring is 1. The molecule has 3 N–H and O–H groups in total. The van der Waals surface area contributed by atoms with E-state index >= 15 is 0 Å². The van der Waals surface area contributed by atoms with Crippen molar-refractivity contribution >= 4 is 21.2 Å². The third-order valence-electron chi connectivity index (χ3n) is 2.86. The van der Waals surface area contributed by atoms with Crippen LogP contribution in [0.1, 0.15) is 0 Å². The fourth-order valence-corrected chi connectivity index (χ4v) is 2.47. The van der Waals surface area contributed by atoms with E-state index in [1.807, 2.05) is 0 Å². The third kappa shape index (κ3) is 3.82. The number of benzene rings is 1. The Balaban J connectivity index is 2.01. The van der Waals surface area contributed by atoms with Crippen LogP contribution in [0.3, 0.4) is 0 Å². The Bertz CT molecular complexity index is 539. The van der Waals surface area contributed by atoms with Crippen LogP contribution in [0.5, 0.6) is 0 Å². The minimum absolute atomic E-state index is 0.0114. The second-order valence-electron chi connectivity index (χ2n) is 4.47. The van der Waals surface area contributed by atoms with Gasteiger partial charge in [0.05, 0.1) is 42.2 Å². The monoisotopic (exact) mass is 286 g/mol. The first-order valence-corrected chi connectivity index (χ1v) is 7.89. The van der Waals surface area contributed by atoms with Gasteiger partial charge in [0.2, 0.25) is 0 Å². The van der Waals surface area contributed by atoms with Gasteiger partial charge < -0.3 is 20.5 Å². The van der Waals surface area contributed by atoms with Crippen LogP contribution in [0, 0.1) is 0 Å². The molecule has 1 unspecified atom stereocenters. The summed E-state index contributed by atoms with van der Waals surface area (Å²) in [7, 11) is -3.23. The van der Waals surface area contributed by atoms with Crippen molar-refractivity contribution in [2.45, 2.75) is 11.0 Å². The van der Waals surface area contributed by atoms with E-state index in [-0.39, 0.29) is 11.0 Å². The van der Waals surface area contributed by atoms with E-state index in [1.54, 1.807) is 6.07 Å². The van der Waals surface area contributed by atoms with Crippen LogP contribution in [0.4, 0.5) is 11.4 Å². The molecule has 0 radical (unpaired) electrons. The summed E-state index contributed by atoms with van der Waals surface area (Å²) < 4.78 is 33.6. The summed E-state index contributed by atoms with van der Waals surface area (Å²) in [5, 5.41) is 3.14. The molecule has 0 saturated carbocycles. The van der Waals surface area contributed by atoms with Gasteiger partial charge in [0.15, 0.2) is 9.84 Å². The standard InChI is InChI=1S/C12H18N2O4S/c1-19(15,16)10-2-3-12(11(13)6-10)14-7-9-8-17-4-5-18-9/h2-3,6,9,14H,4-5,7-8,13H2,1H3. The van der Waals surface area contributed by atoms with Gasteiger partial charge in [-0.3, -0.25) is 0 Å². The highest BCUT2D eigenvalue weighted by Crippen LogP contribution is 2.22. The van der Waals surface area contributed by atoms with E-state index in [9.17, 15) is 8.42 Å². The molecule has 0 spiro atoms. The average molecular weight is 286 g/mol. The molecule has 0 aromatic heterocycles. The van der Waals surface area contributed by atoms with Crippen LogP contribution in [0.25, 0.3) is 0 Å². The van der Waals surface area contributed by atoms with Gasteiger partial charge in [-0.05, 0) is 18.2 Å². The fourth-order valence-electron chi connectivity index (χ4n) is 1.81. The van der Waals surface area contributed by atoms with Crippen LogP contribution in [0.2, 0.25) is 0 Å². The highest BCUT2D eigenvalue weighted by Gasteiger charge is 2.15. The van der Waals surface area contributed by atoms with Gasteiger partial charge in [0.1, 0.15) is 0 Å². The van der Waals surface area contributed by atoms with Crippen LogP contribution < -0.4 is 11.1 Å². The summed E-state index contributed by atoms with van der Waals surface area (Å²) in [6.07, 6.45) is 1.14. The average Bonchev–Trinajstić information content (AvgIpc) is 2.37. The number of hydrogen-bond acceptors (Lipinski definition) is 6. The van der Waals surface area contributed by atoms with Crippen LogP contribution in [-0.4, -0.2) is 47.1 Å². The number of nitrogens with one attached hydrogen (secondary N) is 1. The third-order valence-corrected chi connectivity index (χ3v) is 3.97. The van der Waals surface area contributed by atoms with Gasteiger partial charge in [-0.25, -0.2) is 8.42 Å². The maximum Gasteiger partial charge on any atom is 0.175 e. The first kappa shape index (κ1) is 14.1. The van der Waals surface area contributed by atoms with Crippen LogP contribution >= 0.6 is 0 Å². The van der Waals surface area contributed by atoms with Crippen molar-refractivity contribution in [1.29, 1.82) is 0 Å². The van der Waals surface area contributed by atoms with Gasteiger partial charge in [0.25, 0.3) is 0 Å². The predicted octanol–water partition coefficient (Wildman–Crippen LogP) is 0.500. The van der Waals surface area contributed by atoms with Crippen molar-refractivity contribution < 1.29 is 17.9 Å². The lowest BCUT2D eigenvalue weighted by molar-refractivity contribution is -0.0818. The Morgan fingerprint density at radius 2 is 2.21 bits per heavy atom. The number of nitrogens with two attached hydrogens (primary N) is 1. The molecule has 1 aromatic rings. The summed E-state index contributed by atoms with van der Waals surface area (Å²) in [6, 6.07) is 4.65. The number of hydrogen-bond donors (Lipinski definition) is 2. The van der Waals surface area contributed by atoms with E-state index in [2.05, 4.69) is 5.32 Å². The molecule has 0 aliphatic carbocycles. The molecule has 1 aliphatic rings. The highest BCUT2D eigenvalue weighted by atomic mass is 32.2. The van der Waals surface area contributed by atoms with Crippen LogP contribution in [0.15, 0.2) is 23.1 Å². The predicted molar refractivity (Wildman–Crippen MR) is 73.0 cm³/mol. The Hall–Kier alpha value is -1.31. The first-order chi connectivity index (χ1) is 8.97. The molecule has 1 fully saturated rings. The van der Waals surface area contributed by atoms with E-state index in [0.29, 0.717) is 37.7 Å². The SMILES string of the molecule is CS(=O)(=O)c1ccc(NCC2COCCO2)c(N)c1. The van der Waals surface area contributed by atoms with E-state index in [4.69, 9.17) is 15.2 Å². The summed E-state index contributed by atoms with van der Waals surface area (Å²) >= 11 is 0. The van der Waals surface area contributed by atoms with E-state index in [1.165, 1.54) is 12.1 Å². The van der Waals surface area contributed by atoms with Gasteiger partial charge in [0, 0.05) is 12.8 Å². The zero-order valence-electron chi connectivity index (χ0n) is 10.8. The lowest BCUT2D eigenvalue weighted by atomic mass is 10.2. The lowest BCUT2D eigenvalue weighted by Gasteiger charge is -2.23. The van der Waals surface area contributed by atoms with Gasteiger partial charge in [-0.1, -0.05) is 0 Å². The molecule has 19 heavy (non-hydrogen) atoms. The van der Waals surface area contributed by atoms with Crippen molar-refractivity contribution in [2.24, 2.45) is 0 Å². The second-order valence-corrected chi connectivity index (χ2v) is 6.49. The number of anilines is 2. The van der Waals surface area contributed by atoms with E-state index in [0.717, 1.165) is 6.26 Å². The normalized spacial score (nSPS) is 20.2. The van der Waals surface area contributed by atoms with Crippen molar-refractivity contribution in [2.75, 3.05) is 43.7 Å². The molecule has 6 nitrogen and oxygen atoms in total. The molecule has 1 atom stereocenters. The fraction of sp³-hybridized carbons (Fsp3) is 0.500. The molecular formula is C12H18N2O4S. The molecular weight excluding hydrogens is 268 g/mol. The van der Waals surface area contributed by atoms with Crippen molar-refractivity contribution in [3.8, 4) is 0 Å². The van der Waals surface area contributed by atoms with Gasteiger partial charge >= 0.3 is 0 Å². The molecule has 1 aromatic carbocycles. The molecule has 7 heteroatoms. The summed E-state index contributed by atoms with van der Waals surface area (Å²) in [6.45, 7) is 2.34. The Morgan fingerprint density at radius 1 is 1.42 bits per heavy atom. The number of ether oxygens (including phenoxy) is 2. The molecule has 1 heterocycles. The Labute approximate surface area is 112 Å². The lowest BCUT2D eigenvalue weighted by Crippen LogP contribution is -2.34. The molecule has 106 valence electrons. The van der Waals surface area contributed by atoms with E-state index < -0.39 is 9.84 Å². The number of rotatable bonds is 4. The second kappa shape index (κ2) is 5.77. The molecule has 2 rings (SSSR count). The summed E-state index contributed by atoms with van der Waals surface area (Å²) in [5.74, 6) is 0. The van der Waals surface area contributed by atoms with Crippen molar-refractivity contribution in [3.05, 3.63) is 18.2 Å². The summed E-state index contributed by atoms with van der Waals surface area (Å²) in [5.41, 5.74) is 6.93. The minimum Gasteiger partial charge on any atom is -0.397 e. The quantitative estimate of drug-likeness (QED) is 0.783. The van der Waals surface area contributed by atoms with Gasteiger partial charge in [-0.2, -0.15) is 0 Å². The maximum atomic E-state index is 11.4. The Morgan fingerprint density at radius 3 is 2.79 bits per heavy atom. The Kier molecular flexibility index (Phi) is 4.28. The molecule has 1 aliphatic heterocycles. The van der Waals surface area contributed by atoms with Crippen molar-refractivity contribution in [1.82, 2.24) is 0 Å². The highest BCUT2D eigenvalue weighted by molar-refractivity contribution is 7.90. The molecule has 0 amide bonds. The maximum absolute atomic E-state index is 11.4. The number of sulfone groups is 1. The smallest absolute Gasteiger partial charge is 0.175 e. The zero-order valence-corrected chi connectivity index (χ0v) is 11.6.